The summed E-state index contributed by atoms with van der Waals surface area (Å²) >= 11 is 1.30. The minimum absolute atomic E-state index is 0.266. The Morgan fingerprint density at radius 3 is 2.68 bits per heavy atom. The number of fused-ring (bicyclic) bond motifs is 4. The van der Waals surface area contributed by atoms with Crippen LogP contribution >= 0.6 is 11.8 Å². The molecular weight excluding hydrogens is 414 g/mol. The summed E-state index contributed by atoms with van der Waals surface area (Å²) in [6, 6.07) is 15.3. The van der Waals surface area contributed by atoms with Crippen LogP contribution in [0.1, 0.15) is 18.7 Å². The summed E-state index contributed by atoms with van der Waals surface area (Å²) < 4.78 is 13.3. The van der Waals surface area contributed by atoms with Crippen LogP contribution in [-0.4, -0.2) is 30.0 Å². The molecule has 9 nitrogen and oxygen atoms in total. The van der Waals surface area contributed by atoms with E-state index in [4.69, 9.17) is 14.9 Å². The zero-order valence-corrected chi connectivity index (χ0v) is 17.1. The second-order valence-electron chi connectivity index (χ2n) is 7.03. The van der Waals surface area contributed by atoms with Gasteiger partial charge in [0.05, 0.1) is 16.3 Å². The Morgan fingerprint density at radius 2 is 1.81 bits per heavy atom. The Morgan fingerprint density at radius 1 is 1.00 bits per heavy atom. The molecule has 0 bridgehead atoms. The molecule has 6 rings (SSSR count). The highest BCUT2D eigenvalue weighted by Crippen LogP contribution is 2.42. The molecule has 1 aliphatic heterocycles. The van der Waals surface area contributed by atoms with E-state index in [9.17, 15) is 0 Å². The standard InChI is InChI=1S/C21H15N7O2S/c1-11-10-13(20-23-15-8-4-5-9-16(15)30-20)17(18(22)29-11)31-21-26-25-19-12-6-2-3-7-14(12)24-27-28(19)21/h2-10,13H,22H2,1H3. The summed E-state index contributed by atoms with van der Waals surface area (Å²) in [5.74, 6) is 1.14. The van der Waals surface area contributed by atoms with Crippen molar-refractivity contribution in [1.29, 1.82) is 0 Å². The number of para-hydroxylation sites is 2. The summed E-state index contributed by atoms with van der Waals surface area (Å²) in [4.78, 5) is 5.34. The molecule has 0 amide bonds. The lowest BCUT2D eigenvalue weighted by Crippen LogP contribution is -2.15. The largest absolute Gasteiger partial charge is 0.446 e. The molecule has 5 aromatic rings. The number of oxazole rings is 1. The lowest BCUT2D eigenvalue weighted by molar-refractivity contribution is 0.286. The first kappa shape index (κ1) is 17.9. The van der Waals surface area contributed by atoms with E-state index in [1.807, 2.05) is 61.5 Å². The second kappa shape index (κ2) is 6.81. The van der Waals surface area contributed by atoms with Gasteiger partial charge >= 0.3 is 0 Å². The monoisotopic (exact) mass is 429 g/mol. The van der Waals surface area contributed by atoms with Gasteiger partial charge in [0.15, 0.2) is 11.2 Å². The molecule has 4 heterocycles. The summed E-state index contributed by atoms with van der Waals surface area (Å²) in [5, 5.41) is 18.6. The molecule has 0 saturated carbocycles. The van der Waals surface area contributed by atoms with Crippen LogP contribution in [-0.2, 0) is 4.74 Å². The number of allylic oxidation sites excluding steroid dienone is 3. The third-order valence-corrected chi connectivity index (χ3v) is 6.09. The van der Waals surface area contributed by atoms with Crippen LogP contribution in [0.3, 0.4) is 0 Å². The summed E-state index contributed by atoms with van der Waals surface area (Å²) in [6.45, 7) is 1.84. The zero-order chi connectivity index (χ0) is 20.9. The molecule has 0 radical (unpaired) electrons. The summed E-state index contributed by atoms with van der Waals surface area (Å²) in [5.41, 5.74) is 9.14. The van der Waals surface area contributed by atoms with Crippen molar-refractivity contribution in [2.75, 3.05) is 0 Å². The fourth-order valence-electron chi connectivity index (χ4n) is 3.56. The van der Waals surface area contributed by atoms with Gasteiger partial charge < -0.3 is 14.9 Å². The molecule has 1 unspecified atom stereocenters. The number of aromatic nitrogens is 6. The number of thioether (sulfide) groups is 1. The predicted octanol–water partition coefficient (Wildman–Crippen LogP) is 3.75. The minimum atomic E-state index is -0.327. The first-order chi connectivity index (χ1) is 15.2. The van der Waals surface area contributed by atoms with E-state index in [2.05, 4.69) is 25.5 Å². The third kappa shape index (κ3) is 2.91. The highest BCUT2D eigenvalue weighted by Gasteiger charge is 2.30. The Balaban J connectivity index is 1.45. The van der Waals surface area contributed by atoms with Gasteiger partial charge in [0.2, 0.25) is 16.9 Å². The summed E-state index contributed by atoms with van der Waals surface area (Å²) in [7, 11) is 0. The van der Waals surface area contributed by atoms with Crippen molar-refractivity contribution in [3.63, 3.8) is 0 Å². The zero-order valence-electron chi connectivity index (χ0n) is 16.3. The quantitative estimate of drug-likeness (QED) is 0.457. The van der Waals surface area contributed by atoms with Crippen LogP contribution in [0.25, 0.3) is 27.6 Å². The van der Waals surface area contributed by atoms with E-state index in [0.717, 1.165) is 16.4 Å². The van der Waals surface area contributed by atoms with E-state index in [1.54, 1.807) is 4.52 Å². The topological polar surface area (TPSA) is 117 Å². The average molecular weight is 429 g/mol. The van der Waals surface area contributed by atoms with Crippen molar-refractivity contribution in [3.05, 3.63) is 77.0 Å². The Kier molecular flexibility index (Phi) is 3.93. The smallest absolute Gasteiger partial charge is 0.218 e. The van der Waals surface area contributed by atoms with Crippen molar-refractivity contribution in [2.24, 2.45) is 5.73 Å². The SMILES string of the molecule is CC1=CC(c2nc3ccccc3o2)C(Sc2nnc3c4ccccc4nnn23)=C(N)O1. The Hall–Kier alpha value is -3.92. The van der Waals surface area contributed by atoms with Gasteiger partial charge in [0.25, 0.3) is 0 Å². The van der Waals surface area contributed by atoms with Crippen molar-refractivity contribution in [3.8, 4) is 0 Å². The van der Waals surface area contributed by atoms with Gasteiger partial charge in [-0.25, -0.2) is 4.98 Å². The van der Waals surface area contributed by atoms with E-state index in [1.165, 1.54) is 11.8 Å². The van der Waals surface area contributed by atoms with Crippen LogP contribution in [0.2, 0.25) is 0 Å². The average Bonchev–Trinajstić information content (AvgIpc) is 3.39. The van der Waals surface area contributed by atoms with Crippen molar-refractivity contribution in [1.82, 2.24) is 30.0 Å². The van der Waals surface area contributed by atoms with Crippen molar-refractivity contribution >= 4 is 39.4 Å². The maximum Gasteiger partial charge on any atom is 0.218 e. The van der Waals surface area contributed by atoms with E-state index in [0.29, 0.717) is 32.9 Å². The third-order valence-electron chi connectivity index (χ3n) is 4.97. The van der Waals surface area contributed by atoms with E-state index in [-0.39, 0.29) is 11.8 Å². The fraction of sp³-hybridized carbons (Fsp3) is 0.0952. The van der Waals surface area contributed by atoms with Gasteiger partial charge in [-0.05, 0) is 49.0 Å². The van der Waals surface area contributed by atoms with Gasteiger partial charge in [0, 0.05) is 5.39 Å². The van der Waals surface area contributed by atoms with Gasteiger partial charge in [-0.1, -0.05) is 29.5 Å². The predicted molar refractivity (Wildman–Crippen MR) is 115 cm³/mol. The van der Waals surface area contributed by atoms with E-state index < -0.39 is 0 Å². The normalized spacial score (nSPS) is 16.8. The maximum absolute atomic E-state index is 6.28. The highest BCUT2D eigenvalue weighted by molar-refractivity contribution is 8.03. The lowest BCUT2D eigenvalue weighted by Gasteiger charge is -2.21. The lowest BCUT2D eigenvalue weighted by atomic mass is 10.1. The molecule has 0 spiro atoms. The number of hydrogen-bond acceptors (Lipinski definition) is 9. The maximum atomic E-state index is 6.28. The van der Waals surface area contributed by atoms with Crippen molar-refractivity contribution in [2.45, 2.75) is 18.0 Å². The molecule has 0 aliphatic carbocycles. The number of rotatable bonds is 3. The Bertz CT molecular complexity index is 1500. The van der Waals surface area contributed by atoms with Crippen LogP contribution in [0.5, 0.6) is 0 Å². The minimum Gasteiger partial charge on any atom is -0.446 e. The Labute approximate surface area is 179 Å². The molecule has 1 aliphatic rings. The number of nitrogens with zero attached hydrogens (tertiary/aromatic N) is 6. The molecule has 10 heteroatoms. The van der Waals surface area contributed by atoms with Gasteiger partial charge in [-0.2, -0.15) is 4.52 Å². The molecule has 0 saturated heterocycles. The second-order valence-corrected chi connectivity index (χ2v) is 8.04. The van der Waals surface area contributed by atoms with Crippen LogP contribution in [0, 0.1) is 0 Å². The molecule has 2 aromatic carbocycles. The molecule has 2 N–H and O–H groups in total. The van der Waals surface area contributed by atoms with Gasteiger partial charge in [-0.15, -0.1) is 15.3 Å². The van der Waals surface area contributed by atoms with Gasteiger partial charge in [-0.3, -0.25) is 0 Å². The highest BCUT2D eigenvalue weighted by atomic mass is 32.2. The molecule has 3 aromatic heterocycles. The van der Waals surface area contributed by atoms with E-state index >= 15 is 0 Å². The summed E-state index contributed by atoms with van der Waals surface area (Å²) in [6.07, 6.45) is 1.92. The van der Waals surface area contributed by atoms with Gasteiger partial charge in [0.1, 0.15) is 11.3 Å². The molecular formula is C21H15N7O2S. The first-order valence-electron chi connectivity index (χ1n) is 9.53. The number of ether oxygens (including phenoxy) is 1. The number of hydrogen-bond donors (Lipinski definition) is 1. The van der Waals surface area contributed by atoms with Crippen LogP contribution in [0.4, 0.5) is 0 Å². The molecule has 0 fully saturated rings. The molecule has 152 valence electrons. The van der Waals surface area contributed by atoms with Crippen LogP contribution in [0.15, 0.2) is 80.7 Å². The first-order valence-corrected chi connectivity index (χ1v) is 10.3. The molecule has 1 atom stereocenters. The van der Waals surface area contributed by atoms with Crippen LogP contribution < -0.4 is 5.73 Å². The number of benzene rings is 2. The number of nitrogens with two attached hydrogens (primary N) is 1. The molecule has 31 heavy (non-hydrogen) atoms. The fourth-order valence-corrected chi connectivity index (χ4v) is 4.49. The van der Waals surface area contributed by atoms with Crippen molar-refractivity contribution < 1.29 is 9.15 Å².